The maximum Gasteiger partial charge on any atom is 0.264 e. The number of aromatic amines is 1. The predicted octanol–water partition coefficient (Wildman–Crippen LogP) is 3.54. The Morgan fingerprint density at radius 2 is 2.05 bits per heavy atom. The molecular formula is C16H14IN3O. The summed E-state index contributed by atoms with van der Waals surface area (Å²) >= 11 is 2.06. The zero-order chi connectivity index (χ0) is 14.8. The second kappa shape index (κ2) is 5.93. The lowest BCUT2D eigenvalue weighted by atomic mass is 10.1. The molecule has 0 aliphatic heterocycles. The summed E-state index contributed by atoms with van der Waals surface area (Å²) in [6, 6.07) is 7.97. The van der Waals surface area contributed by atoms with Crippen molar-refractivity contribution in [3.8, 4) is 11.4 Å². The van der Waals surface area contributed by atoms with Crippen molar-refractivity contribution in [3.63, 3.8) is 0 Å². The first-order valence-corrected chi connectivity index (χ1v) is 7.90. The largest absolute Gasteiger partial charge is 0.306 e. The second-order valence-corrected chi connectivity index (χ2v) is 5.91. The Labute approximate surface area is 135 Å². The molecule has 1 aromatic carbocycles. The molecule has 0 aliphatic carbocycles. The Balaban J connectivity index is 2.26. The van der Waals surface area contributed by atoms with E-state index in [4.69, 9.17) is 0 Å². The predicted molar refractivity (Wildman–Crippen MR) is 92.3 cm³/mol. The third-order valence-corrected chi connectivity index (χ3v) is 4.45. The first kappa shape index (κ1) is 14.2. The van der Waals surface area contributed by atoms with Crippen molar-refractivity contribution >= 4 is 33.4 Å². The molecule has 1 N–H and O–H groups in total. The number of hydrogen-bond donors (Lipinski definition) is 1. The maximum absolute atomic E-state index is 12.1. The molecule has 0 amide bonds. The van der Waals surface area contributed by atoms with E-state index in [1.54, 1.807) is 6.20 Å². The third-order valence-electron chi connectivity index (χ3n) is 3.34. The van der Waals surface area contributed by atoms with Gasteiger partial charge in [0.25, 0.3) is 5.56 Å². The molecule has 4 nitrogen and oxygen atoms in total. The standard InChI is InChI=1S/C16H14IN3O/c1-2-5-13-14(17)16(21)20-15(19-13)12-9-18-8-10-6-3-4-7-11(10)12/h3-4,6-9H,2,5H2,1H3,(H,19,20,21). The van der Waals surface area contributed by atoms with E-state index in [1.807, 2.05) is 30.5 Å². The molecule has 0 atom stereocenters. The summed E-state index contributed by atoms with van der Waals surface area (Å²) in [4.78, 5) is 23.9. The number of aryl methyl sites for hydroxylation is 1. The molecule has 0 saturated heterocycles. The molecule has 0 radical (unpaired) electrons. The Hall–Kier alpha value is -1.76. The first-order valence-electron chi connectivity index (χ1n) is 6.82. The van der Waals surface area contributed by atoms with E-state index in [1.165, 1.54) is 0 Å². The Morgan fingerprint density at radius 1 is 1.24 bits per heavy atom. The summed E-state index contributed by atoms with van der Waals surface area (Å²) in [6.07, 6.45) is 5.33. The van der Waals surface area contributed by atoms with Gasteiger partial charge in [-0.05, 0) is 34.4 Å². The third kappa shape index (κ3) is 2.70. The smallest absolute Gasteiger partial charge is 0.264 e. The van der Waals surface area contributed by atoms with Gasteiger partial charge in [-0.3, -0.25) is 9.78 Å². The van der Waals surface area contributed by atoms with Crippen molar-refractivity contribution in [1.29, 1.82) is 0 Å². The van der Waals surface area contributed by atoms with E-state index < -0.39 is 0 Å². The van der Waals surface area contributed by atoms with Crippen LogP contribution in [0.2, 0.25) is 0 Å². The van der Waals surface area contributed by atoms with Crippen LogP contribution in [0.25, 0.3) is 22.2 Å². The number of rotatable bonds is 3. The summed E-state index contributed by atoms with van der Waals surface area (Å²) in [7, 11) is 0. The number of H-pyrrole nitrogens is 1. The summed E-state index contributed by atoms with van der Waals surface area (Å²) < 4.78 is 0.673. The minimum Gasteiger partial charge on any atom is -0.306 e. The lowest BCUT2D eigenvalue weighted by Crippen LogP contribution is -2.16. The molecule has 0 saturated carbocycles. The van der Waals surface area contributed by atoms with Crippen LogP contribution in [-0.2, 0) is 6.42 Å². The number of benzene rings is 1. The zero-order valence-electron chi connectivity index (χ0n) is 11.6. The number of nitrogens with one attached hydrogen (secondary N) is 1. The van der Waals surface area contributed by atoms with Crippen LogP contribution in [0.5, 0.6) is 0 Å². The summed E-state index contributed by atoms with van der Waals surface area (Å²) in [6.45, 7) is 2.08. The minimum absolute atomic E-state index is 0.0861. The molecule has 0 aliphatic rings. The lowest BCUT2D eigenvalue weighted by molar-refractivity contribution is 0.860. The van der Waals surface area contributed by atoms with Gasteiger partial charge in [-0.15, -0.1) is 0 Å². The molecule has 2 heterocycles. The molecule has 0 bridgehead atoms. The van der Waals surface area contributed by atoms with Gasteiger partial charge in [0.1, 0.15) is 5.82 Å². The first-order chi connectivity index (χ1) is 10.2. The van der Waals surface area contributed by atoms with Gasteiger partial charge in [-0.25, -0.2) is 4.98 Å². The van der Waals surface area contributed by atoms with E-state index in [2.05, 4.69) is 44.5 Å². The van der Waals surface area contributed by atoms with Gasteiger partial charge in [0, 0.05) is 23.3 Å². The minimum atomic E-state index is -0.0861. The van der Waals surface area contributed by atoms with E-state index in [-0.39, 0.29) is 5.56 Å². The molecular weight excluding hydrogens is 377 g/mol. The van der Waals surface area contributed by atoms with Gasteiger partial charge in [0.2, 0.25) is 0 Å². The SMILES string of the molecule is CCCc1nc(-c2cncc3ccccc23)[nH]c(=O)c1I. The van der Waals surface area contributed by atoms with E-state index in [0.29, 0.717) is 9.39 Å². The summed E-state index contributed by atoms with van der Waals surface area (Å²) in [5, 5.41) is 2.08. The number of halogens is 1. The van der Waals surface area contributed by atoms with Crippen LogP contribution < -0.4 is 5.56 Å². The molecule has 3 aromatic rings. The topological polar surface area (TPSA) is 58.6 Å². The molecule has 106 valence electrons. The quantitative estimate of drug-likeness (QED) is 0.695. The average molecular weight is 391 g/mol. The van der Waals surface area contributed by atoms with Crippen molar-refractivity contribution in [2.45, 2.75) is 19.8 Å². The second-order valence-electron chi connectivity index (χ2n) is 4.83. The lowest BCUT2D eigenvalue weighted by Gasteiger charge is -2.08. The highest BCUT2D eigenvalue weighted by Gasteiger charge is 2.12. The molecule has 0 unspecified atom stereocenters. The van der Waals surface area contributed by atoms with Crippen LogP contribution in [0.3, 0.4) is 0 Å². The monoisotopic (exact) mass is 391 g/mol. The fourth-order valence-corrected chi connectivity index (χ4v) is 2.87. The van der Waals surface area contributed by atoms with Gasteiger partial charge >= 0.3 is 0 Å². The van der Waals surface area contributed by atoms with Crippen molar-refractivity contribution in [2.24, 2.45) is 0 Å². The van der Waals surface area contributed by atoms with E-state index in [9.17, 15) is 4.79 Å². The Kier molecular flexibility index (Phi) is 4.01. The van der Waals surface area contributed by atoms with Gasteiger partial charge in [0.05, 0.1) is 9.26 Å². The molecule has 0 spiro atoms. The van der Waals surface area contributed by atoms with Crippen molar-refractivity contribution < 1.29 is 0 Å². The summed E-state index contributed by atoms with van der Waals surface area (Å²) in [5.74, 6) is 0.591. The van der Waals surface area contributed by atoms with Crippen molar-refractivity contribution in [2.75, 3.05) is 0 Å². The zero-order valence-corrected chi connectivity index (χ0v) is 13.7. The van der Waals surface area contributed by atoms with Gasteiger partial charge in [-0.1, -0.05) is 37.6 Å². The average Bonchev–Trinajstić information content (AvgIpc) is 2.51. The van der Waals surface area contributed by atoms with Crippen LogP contribution in [0.1, 0.15) is 19.0 Å². The van der Waals surface area contributed by atoms with Crippen LogP contribution in [0, 0.1) is 3.57 Å². The Bertz CT molecular complexity index is 852. The molecule has 0 fully saturated rings. The van der Waals surface area contributed by atoms with Crippen LogP contribution in [0.15, 0.2) is 41.5 Å². The van der Waals surface area contributed by atoms with Crippen molar-refractivity contribution in [3.05, 3.63) is 56.3 Å². The molecule has 3 rings (SSSR count). The van der Waals surface area contributed by atoms with Gasteiger partial charge < -0.3 is 4.98 Å². The van der Waals surface area contributed by atoms with Crippen LogP contribution >= 0.6 is 22.6 Å². The van der Waals surface area contributed by atoms with Gasteiger partial charge in [0.15, 0.2) is 0 Å². The molecule has 21 heavy (non-hydrogen) atoms. The maximum atomic E-state index is 12.1. The van der Waals surface area contributed by atoms with Crippen LogP contribution in [-0.4, -0.2) is 15.0 Å². The number of aromatic nitrogens is 3. The highest BCUT2D eigenvalue weighted by molar-refractivity contribution is 14.1. The Morgan fingerprint density at radius 3 is 2.86 bits per heavy atom. The fourth-order valence-electron chi connectivity index (χ4n) is 2.34. The molecule has 2 aromatic heterocycles. The highest BCUT2D eigenvalue weighted by atomic mass is 127. The number of nitrogens with zero attached hydrogens (tertiary/aromatic N) is 2. The van der Waals surface area contributed by atoms with Crippen molar-refractivity contribution in [1.82, 2.24) is 15.0 Å². The normalized spacial score (nSPS) is 11.0. The number of hydrogen-bond acceptors (Lipinski definition) is 3. The van der Waals surface area contributed by atoms with E-state index >= 15 is 0 Å². The van der Waals surface area contributed by atoms with Gasteiger partial charge in [-0.2, -0.15) is 0 Å². The van der Waals surface area contributed by atoms with E-state index in [0.717, 1.165) is 34.9 Å². The summed E-state index contributed by atoms with van der Waals surface area (Å²) in [5.41, 5.74) is 1.63. The number of fused-ring (bicyclic) bond motifs is 1. The molecule has 5 heteroatoms. The number of pyridine rings is 1. The van der Waals surface area contributed by atoms with Crippen LogP contribution in [0.4, 0.5) is 0 Å². The highest BCUT2D eigenvalue weighted by Crippen LogP contribution is 2.25. The fraction of sp³-hybridized carbons (Fsp3) is 0.188.